The van der Waals surface area contributed by atoms with E-state index in [4.69, 9.17) is 4.84 Å². The Morgan fingerprint density at radius 2 is 0.977 bits per heavy atom. The quantitative estimate of drug-likeness (QED) is 0.0437. The molecule has 1 unspecified atom stereocenters. The lowest BCUT2D eigenvalue weighted by Gasteiger charge is -2.26. The molecule has 0 radical (unpaired) electrons. The fourth-order valence-electron chi connectivity index (χ4n) is 5.99. The summed E-state index contributed by atoms with van der Waals surface area (Å²) in [5.74, 6) is -0.0458. The van der Waals surface area contributed by atoms with Gasteiger partial charge >= 0.3 is 5.97 Å². The van der Waals surface area contributed by atoms with Crippen LogP contribution in [0.25, 0.3) is 0 Å². The lowest BCUT2D eigenvalue weighted by molar-refractivity contribution is -1.01. The van der Waals surface area contributed by atoms with Crippen LogP contribution in [-0.2, 0) is 9.63 Å². The Morgan fingerprint density at radius 1 is 0.581 bits per heavy atom. The number of hydrogen-bond donors (Lipinski definition) is 0. The first kappa shape index (κ1) is 39.6. The van der Waals surface area contributed by atoms with Crippen molar-refractivity contribution in [2.45, 2.75) is 194 Å². The van der Waals surface area contributed by atoms with Crippen molar-refractivity contribution in [2.75, 3.05) is 19.6 Å². The van der Waals surface area contributed by atoms with Crippen LogP contribution in [0.15, 0.2) is 29.3 Å². The van der Waals surface area contributed by atoms with E-state index >= 15 is 0 Å². The van der Waals surface area contributed by atoms with Crippen LogP contribution in [0.3, 0.4) is 0 Å². The number of allylic oxidation sites excluding steroid dienone is 4. The van der Waals surface area contributed by atoms with Crippen molar-refractivity contribution in [2.24, 2.45) is 4.99 Å². The van der Waals surface area contributed by atoms with Gasteiger partial charge in [-0.2, -0.15) is 0 Å². The fourth-order valence-corrected chi connectivity index (χ4v) is 5.99. The van der Waals surface area contributed by atoms with E-state index in [9.17, 15) is 4.79 Å². The standard InChI is InChI=1S/C39H73N2O2/c1-3-5-7-9-11-13-15-17-19-21-23-25-27-29-31-33-36-41(37-35-40-38-41)43-39(42)34-32-30-28-26-24-22-20-18-16-14-12-10-8-6-4-2/h17-20,38H,3-16,21-37H2,1-2H3/q+1/b19-17-,20-18-. The number of aliphatic imine (C=N–C) groups is 1. The maximum absolute atomic E-state index is 12.6. The lowest BCUT2D eigenvalue weighted by atomic mass is 10.1. The van der Waals surface area contributed by atoms with E-state index in [2.05, 4.69) is 43.1 Å². The van der Waals surface area contributed by atoms with E-state index in [1.807, 2.05) is 6.34 Å². The molecule has 1 aliphatic heterocycles. The molecule has 1 aliphatic rings. The number of unbranched alkanes of at least 4 members (excludes halogenated alkanes) is 23. The molecule has 0 fully saturated rings. The molecule has 4 nitrogen and oxygen atoms in total. The van der Waals surface area contributed by atoms with Gasteiger partial charge in [0.15, 0.2) is 0 Å². The number of rotatable bonds is 32. The molecule has 0 N–H and O–H groups in total. The predicted molar refractivity (Wildman–Crippen MR) is 188 cm³/mol. The van der Waals surface area contributed by atoms with Crippen LogP contribution in [0, 0.1) is 0 Å². The highest BCUT2D eigenvalue weighted by Crippen LogP contribution is 2.18. The third-order valence-electron chi connectivity index (χ3n) is 8.87. The van der Waals surface area contributed by atoms with Crippen LogP contribution in [0.4, 0.5) is 0 Å². The number of hydrogen-bond acceptors (Lipinski definition) is 3. The van der Waals surface area contributed by atoms with Crippen LogP contribution < -0.4 is 0 Å². The second-order valence-electron chi connectivity index (χ2n) is 13.2. The lowest BCUT2D eigenvalue weighted by Crippen LogP contribution is -2.47. The highest BCUT2D eigenvalue weighted by atomic mass is 16.7. The zero-order chi connectivity index (χ0) is 30.9. The van der Waals surface area contributed by atoms with Crippen molar-refractivity contribution in [1.29, 1.82) is 0 Å². The molecule has 4 heteroatoms. The van der Waals surface area contributed by atoms with Crippen molar-refractivity contribution in [3.8, 4) is 0 Å². The average Bonchev–Trinajstić information content (AvgIpc) is 3.47. The van der Waals surface area contributed by atoms with Crippen molar-refractivity contribution in [3.05, 3.63) is 24.3 Å². The smallest absolute Gasteiger partial charge is 0.270 e. The molecule has 0 aromatic carbocycles. The second-order valence-corrected chi connectivity index (χ2v) is 13.2. The molecule has 0 aromatic rings. The summed E-state index contributed by atoms with van der Waals surface area (Å²) in [7, 11) is 0. The van der Waals surface area contributed by atoms with Crippen LogP contribution in [0.5, 0.6) is 0 Å². The van der Waals surface area contributed by atoms with Gasteiger partial charge in [0.05, 0.1) is 13.0 Å². The molecule has 0 bridgehead atoms. The van der Waals surface area contributed by atoms with Crippen molar-refractivity contribution >= 4 is 12.3 Å². The topological polar surface area (TPSA) is 38.7 Å². The number of nitrogens with zero attached hydrogens (tertiary/aromatic N) is 2. The highest BCUT2D eigenvalue weighted by Gasteiger charge is 2.34. The molecule has 0 aromatic heterocycles. The third-order valence-corrected chi connectivity index (χ3v) is 8.87. The first-order valence-corrected chi connectivity index (χ1v) is 19.1. The predicted octanol–water partition coefficient (Wildman–Crippen LogP) is 12.4. The van der Waals surface area contributed by atoms with Crippen LogP contribution in [0.2, 0.25) is 0 Å². The summed E-state index contributed by atoms with van der Waals surface area (Å²) >= 11 is 0. The molecule has 1 atom stereocenters. The molecule has 43 heavy (non-hydrogen) atoms. The van der Waals surface area contributed by atoms with E-state index in [0.29, 0.717) is 11.1 Å². The van der Waals surface area contributed by atoms with E-state index in [-0.39, 0.29) is 5.97 Å². The zero-order valence-corrected chi connectivity index (χ0v) is 29.0. The molecule has 0 saturated heterocycles. The Balaban J connectivity index is 1.96. The minimum Gasteiger partial charge on any atom is -0.270 e. The van der Waals surface area contributed by atoms with E-state index in [1.54, 1.807) is 0 Å². The Kier molecular flexibility index (Phi) is 28.2. The van der Waals surface area contributed by atoms with Gasteiger partial charge in [-0.05, 0) is 64.2 Å². The first-order chi connectivity index (χ1) is 21.2. The highest BCUT2D eigenvalue weighted by molar-refractivity contribution is 5.69. The van der Waals surface area contributed by atoms with Crippen molar-refractivity contribution in [1.82, 2.24) is 0 Å². The van der Waals surface area contributed by atoms with Gasteiger partial charge in [-0.25, -0.2) is 9.79 Å². The monoisotopic (exact) mass is 602 g/mol. The van der Waals surface area contributed by atoms with E-state index in [0.717, 1.165) is 38.9 Å². The molecule has 250 valence electrons. The Bertz CT molecular complexity index is 701. The Hall–Kier alpha value is -1.42. The van der Waals surface area contributed by atoms with Gasteiger partial charge in [0, 0.05) is 6.42 Å². The van der Waals surface area contributed by atoms with E-state index in [1.165, 1.54) is 154 Å². The van der Waals surface area contributed by atoms with Crippen LogP contribution >= 0.6 is 0 Å². The molecule has 0 amide bonds. The normalized spacial score (nSPS) is 16.7. The molecule has 1 rings (SSSR count). The summed E-state index contributed by atoms with van der Waals surface area (Å²) in [5.41, 5.74) is 0. The van der Waals surface area contributed by atoms with Crippen molar-refractivity contribution < 1.29 is 14.3 Å². The molecule has 0 spiro atoms. The molecule has 0 aliphatic carbocycles. The molecular weight excluding hydrogens is 528 g/mol. The third kappa shape index (κ3) is 25.6. The van der Waals surface area contributed by atoms with Gasteiger partial charge in [-0.1, -0.05) is 146 Å². The molecule has 1 heterocycles. The Morgan fingerprint density at radius 3 is 1.40 bits per heavy atom. The van der Waals surface area contributed by atoms with Crippen LogP contribution in [0.1, 0.15) is 194 Å². The minimum atomic E-state index is -0.0458. The number of carbonyl (C=O) groups excluding carboxylic acids is 1. The summed E-state index contributed by atoms with van der Waals surface area (Å²) in [6.45, 7) is 7.02. The average molecular weight is 602 g/mol. The minimum absolute atomic E-state index is 0.0458. The van der Waals surface area contributed by atoms with Gasteiger partial charge in [-0.3, -0.25) is 4.84 Å². The van der Waals surface area contributed by atoms with Crippen LogP contribution in [-0.4, -0.2) is 36.6 Å². The van der Waals surface area contributed by atoms with E-state index < -0.39 is 0 Å². The van der Waals surface area contributed by atoms with Gasteiger partial charge in [-0.15, -0.1) is 0 Å². The summed E-state index contributed by atoms with van der Waals surface area (Å²) in [5, 5.41) is 0. The first-order valence-electron chi connectivity index (χ1n) is 19.1. The maximum atomic E-state index is 12.6. The summed E-state index contributed by atoms with van der Waals surface area (Å²) in [4.78, 5) is 23.0. The number of carbonyl (C=O) groups is 1. The summed E-state index contributed by atoms with van der Waals surface area (Å²) < 4.78 is 0.327. The fraction of sp³-hybridized carbons (Fsp3) is 0.846. The largest absolute Gasteiger partial charge is 0.367 e. The molecular formula is C39H73N2O2+. The maximum Gasteiger partial charge on any atom is 0.367 e. The molecule has 0 saturated carbocycles. The van der Waals surface area contributed by atoms with Gasteiger partial charge in [0.2, 0.25) is 6.34 Å². The number of quaternary nitrogens is 1. The Labute approximate surface area is 268 Å². The van der Waals surface area contributed by atoms with Gasteiger partial charge in [0.1, 0.15) is 13.1 Å². The zero-order valence-electron chi connectivity index (χ0n) is 29.0. The second kappa shape index (κ2) is 30.6. The SMILES string of the molecule is CCCCCCCC/C=C\CCCCCCCC[N+]1(OC(=O)CCCCCCC/C=C\CCCCCCCC)C=NCC1. The summed E-state index contributed by atoms with van der Waals surface area (Å²) in [6, 6.07) is 0. The summed E-state index contributed by atoms with van der Waals surface area (Å²) in [6.07, 6.45) is 46.9. The van der Waals surface area contributed by atoms with Gasteiger partial charge < -0.3 is 0 Å². The van der Waals surface area contributed by atoms with Gasteiger partial charge in [0.25, 0.3) is 0 Å². The number of hydroxylamine groups is 3. The van der Waals surface area contributed by atoms with Crippen molar-refractivity contribution in [3.63, 3.8) is 0 Å².